The monoisotopic (exact) mass is 174 g/mol. The van der Waals surface area contributed by atoms with Crippen molar-refractivity contribution in [3.63, 3.8) is 0 Å². The predicted octanol–water partition coefficient (Wildman–Crippen LogP) is 3.47. The topological polar surface area (TPSA) is 20.2 Å². The zero-order chi connectivity index (χ0) is 10.4. The molecule has 0 atom stereocenters. The normalized spacial score (nSPS) is 11.5. The van der Waals surface area contributed by atoms with Crippen LogP contribution in [0, 0.1) is 11.8 Å². The molecular formula is C11H26O. The van der Waals surface area contributed by atoms with Gasteiger partial charge in [0, 0.05) is 0 Å². The number of hydrogen-bond donors (Lipinski definition) is 1. The summed E-state index contributed by atoms with van der Waals surface area (Å²) in [7, 11) is 0. The van der Waals surface area contributed by atoms with Crippen LogP contribution in [0.25, 0.3) is 0 Å². The second-order valence-electron chi connectivity index (χ2n) is 5.14. The Hall–Kier alpha value is -0.0400. The quantitative estimate of drug-likeness (QED) is 0.679. The van der Waals surface area contributed by atoms with E-state index < -0.39 is 5.60 Å². The van der Waals surface area contributed by atoms with E-state index in [1.165, 1.54) is 0 Å². The molecule has 0 aliphatic rings. The first kappa shape index (κ1) is 14.5. The smallest absolute Gasteiger partial charge is 0.0594 e. The van der Waals surface area contributed by atoms with Crippen molar-refractivity contribution in [2.24, 2.45) is 11.8 Å². The molecule has 0 fully saturated rings. The minimum absolute atomic E-state index is 0.478. The fourth-order valence-corrected chi connectivity index (χ4v) is 0.999. The Morgan fingerprint density at radius 3 is 1.25 bits per heavy atom. The van der Waals surface area contributed by atoms with Gasteiger partial charge in [-0.15, -0.1) is 0 Å². The van der Waals surface area contributed by atoms with Gasteiger partial charge in [-0.2, -0.15) is 0 Å². The fourth-order valence-electron chi connectivity index (χ4n) is 0.999. The molecule has 0 amide bonds. The van der Waals surface area contributed by atoms with E-state index in [0.717, 1.165) is 12.3 Å². The lowest BCUT2D eigenvalue weighted by Gasteiger charge is -2.18. The molecule has 0 bridgehead atoms. The van der Waals surface area contributed by atoms with E-state index in [1.807, 2.05) is 13.8 Å². The Morgan fingerprint density at radius 2 is 1.25 bits per heavy atom. The lowest BCUT2D eigenvalue weighted by molar-refractivity contribution is 0.0579. The summed E-state index contributed by atoms with van der Waals surface area (Å²) in [6, 6.07) is 0. The molecule has 0 unspecified atom stereocenters. The molecule has 1 heteroatoms. The van der Waals surface area contributed by atoms with E-state index in [-0.39, 0.29) is 0 Å². The molecule has 0 heterocycles. The lowest BCUT2D eigenvalue weighted by Crippen LogP contribution is -2.20. The standard InChI is InChI=1S/C7H16O.C4H10/c1-6(2)5-7(3,4)8;1-4(2)3/h6,8H,5H2,1-4H3;4H,1-3H3. The van der Waals surface area contributed by atoms with E-state index >= 15 is 0 Å². The molecule has 0 aromatic heterocycles. The van der Waals surface area contributed by atoms with E-state index in [4.69, 9.17) is 0 Å². The number of aliphatic hydroxyl groups is 1. The average Bonchev–Trinajstić information content (AvgIpc) is 1.52. The van der Waals surface area contributed by atoms with Crippen LogP contribution in [-0.2, 0) is 0 Å². The Balaban J connectivity index is 0. The summed E-state index contributed by atoms with van der Waals surface area (Å²) in [6.07, 6.45) is 0.882. The van der Waals surface area contributed by atoms with Gasteiger partial charge in [-0.25, -0.2) is 0 Å². The summed E-state index contributed by atoms with van der Waals surface area (Å²) >= 11 is 0. The number of hydrogen-bond acceptors (Lipinski definition) is 1. The molecular weight excluding hydrogens is 148 g/mol. The summed E-state index contributed by atoms with van der Waals surface area (Å²) < 4.78 is 0. The predicted molar refractivity (Wildman–Crippen MR) is 56.3 cm³/mol. The van der Waals surface area contributed by atoms with Crippen LogP contribution in [-0.4, -0.2) is 10.7 Å². The van der Waals surface area contributed by atoms with Crippen LogP contribution >= 0.6 is 0 Å². The van der Waals surface area contributed by atoms with E-state index in [0.29, 0.717) is 5.92 Å². The van der Waals surface area contributed by atoms with E-state index in [1.54, 1.807) is 0 Å². The molecule has 0 aliphatic heterocycles. The van der Waals surface area contributed by atoms with Gasteiger partial charge >= 0.3 is 0 Å². The van der Waals surface area contributed by atoms with Crippen molar-refractivity contribution in [1.82, 2.24) is 0 Å². The van der Waals surface area contributed by atoms with Crippen LogP contribution in [0.5, 0.6) is 0 Å². The molecule has 0 spiro atoms. The van der Waals surface area contributed by atoms with Gasteiger partial charge in [-0.05, 0) is 32.1 Å². The highest BCUT2D eigenvalue weighted by Crippen LogP contribution is 2.13. The third-order valence-corrected chi connectivity index (χ3v) is 0.908. The van der Waals surface area contributed by atoms with Crippen LogP contribution in [0.1, 0.15) is 54.9 Å². The molecule has 0 aromatic carbocycles. The van der Waals surface area contributed by atoms with Gasteiger partial charge in [-0.1, -0.05) is 34.6 Å². The molecule has 0 rings (SSSR count). The zero-order valence-corrected chi connectivity index (χ0v) is 9.81. The summed E-state index contributed by atoms with van der Waals surface area (Å²) in [5, 5.41) is 9.19. The maximum absolute atomic E-state index is 9.19. The molecule has 1 N–H and O–H groups in total. The molecule has 0 saturated heterocycles. The highest BCUT2D eigenvalue weighted by molar-refractivity contribution is 4.66. The largest absolute Gasteiger partial charge is 0.390 e. The highest BCUT2D eigenvalue weighted by Gasteiger charge is 2.13. The first-order chi connectivity index (χ1) is 5.15. The Morgan fingerprint density at radius 1 is 1.00 bits per heavy atom. The first-order valence-electron chi connectivity index (χ1n) is 4.87. The lowest BCUT2D eigenvalue weighted by atomic mass is 9.97. The van der Waals surface area contributed by atoms with Gasteiger partial charge in [0.15, 0.2) is 0 Å². The van der Waals surface area contributed by atoms with Crippen molar-refractivity contribution in [3.8, 4) is 0 Å². The van der Waals surface area contributed by atoms with Crippen LogP contribution in [0.3, 0.4) is 0 Å². The summed E-state index contributed by atoms with van der Waals surface area (Å²) in [5.74, 6) is 1.43. The zero-order valence-electron chi connectivity index (χ0n) is 9.81. The molecule has 0 saturated carbocycles. The first-order valence-corrected chi connectivity index (χ1v) is 4.87. The van der Waals surface area contributed by atoms with Crippen LogP contribution < -0.4 is 0 Å². The average molecular weight is 174 g/mol. The van der Waals surface area contributed by atoms with Crippen molar-refractivity contribution in [2.75, 3.05) is 0 Å². The molecule has 0 aliphatic carbocycles. The van der Waals surface area contributed by atoms with Crippen LogP contribution in [0.4, 0.5) is 0 Å². The Labute approximate surface area is 78.2 Å². The molecule has 76 valence electrons. The summed E-state index contributed by atoms with van der Waals surface area (Å²) in [5.41, 5.74) is -0.478. The van der Waals surface area contributed by atoms with Gasteiger partial charge in [0.25, 0.3) is 0 Å². The number of rotatable bonds is 2. The molecule has 1 nitrogen and oxygen atoms in total. The Kier molecular flexibility index (Phi) is 7.81. The van der Waals surface area contributed by atoms with Crippen molar-refractivity contribution in [2.45, 2.75) is 60.5 Å². The van der Waals surface area contributed by atoms with Gasteiger partial charge in [0.05, 0.1) is 5.60 Å². The van der Waals surface area contributed by atoms with Gasteiger partial charge in [0.2, 0.25) is 0 Å². The van der Waals surface area contributed by atoms with Gasteiger partial charge in [0.1, 0.15) is 0 Å². The molecule has 0 radical (unpaired) electrons. The second kappa shape index (κ2) is 6.47. The second-order valence-corrected chi connectivity index (χ2v) is 5.14. The van der Waals surface area contributed by atoms with Crippen molar-refractivity contribution < 1.29 is 5.11 Å². The minimum atomic E-state index is -0.478. The van der Waals surface area contributed by atoms with Crippen molar-refractivity contribution >= 4 is 0 Å². The maximum Gasteiger partial charge on any atom is 0.0594 e. The Bertz CT molecular complexity index is 84.9. The summed E-state index contributed by atoms with van der Waals surface area (Å²) in [6.45, 7) is 14.4. The molecule has 0 aromatic rings. The minimum Gasteiger partial charge on any atom is -0.390 e. The fraction of sp³-hybridized carbons (Fsp3) is 1.00. The van der Waals surface area contributed by atoms with Crippen LogP contribution in [0.2, 0.25) is 0 Å². The summed E-state index contributed by atoms with van der Waals surface area (Å²) in [4.78, 5) is 0. The maximum atomic E-state index is 9.19. The highest BCUT2D eigenvalue weighted by atomic mass is 16.3. The molecule has 12 heavy (non-hydrogen) atoms. The van der Waals surface area contributed by atoms with Crippen molar-refractivity contribution in [3.05, 3.63) is 0 Å². The van der Waals surface area contributed by atoms with E-state index in [2.05, 4.69) is 34.6 Å². The SMILES string of the molecule is CC(C)C.CC(C)CC(C)(C)O. The van der Waals surface area contributed by atoms with Gasteiger partial charge < -0.3 is 5.11 Å². The van der Waals surface area contributed by atoms with E-state index in [9.17, 15) is 5.11 Å². The third kappa shape index (κ3) is 32.5. The van der Waals surface area contributed by atoms with Crippen LogP contribution in [0.15, 0.2) is 0 Å². The van der Waals surface area contributed by atoms with Crippen molar-refractivity contribution in [1.29, 1.82) is 0 Å². The van der Waals surface area contributed by atoms with Gasteiger partial charge in [-0.3, -0.25) is 0 Å². The third-order valence-electron chi connectivity index (χ3n) is 0.908.